The molecule has 5 nitrogen and oxygen atoms in total. The predicted molar refractivity (Wildman–Crippen MR) is 109 cm³/mol. The van der Waals surface area contributed by atoms with Crippen molar-refractivity contribution in [1.29, 1.82) is 0 Å². The fraction of sp³-hybridized carbons (Fsp3) is 0.381. The topological polar surface area (TPSA) is 69.4 Å². The van der Waals surface area contributed by atoms with Gasteiger partial charge >= 0.3 is 0 Å². The Kier molecular flexibility index (Phi) is 4.80. The van der Waals surface area contributed by atoms with Gasteiger partial charge in [0.05, 0.1) is 0 Å². The van der Waals surface area contributed by atoms with Gasteiger partial charge in [0.15, 0.2) is 0 Å². The number of fused-ring (bicyclic) bond motifs is 3. The Hall–Kier alpha value is -2.53. The first-order valence-electron chi connectivity index (χ1n) is 9.45. The number of nitrogens with zero attached hydrogens (tertiary/aromatic N) is 2. The van der Waals surface area contributed by atoms with Gasteiger partial charge in [-0.15, -0.1) is 0 Å². The molecule has 2 bridgehead atoms. The van der Waals surface area contributed by atoms with Crippen molar-refractivity contribution in [2.75, 3.05) is 19.6 Å². The first-order chi connectivity index (χ1) is 12.7. The second-order valence-corrected chi connectivity index (χ2v) is 7.31. The molecule has 2 fully saturated rings. The Morgan fingerprint density at radius 3 is 3.12 bits per heavy atom. The maximum Gasteiger partial charge on any atom is 0.118 e. The van der Waals surface area contributed by atoms with Gasteiger partial charge in [-0.05, 0) is 49.4 Å². The monoisotopic (exact) mass is 349 g/mol. The molecule has 0 amide bonds. The highest BCUT2D eigenvalue weighted by Crippen LogP contribution is 2.27. The molecule has 136 valence electrons. The third kappa shape index (κ3) is 3.40. The van der Waals surface area contributed by atoms with Crippen molar-refractivity contribution in [3.63, 3.8) is 0 Å². The lowest BCUT2D eigenvalue weighted by molar-refractivity contribution is 0.0961. The molecule has 1 aromatic carbocycles. The maximum atomic E-state index is 5.88. The zero-order valence-corrected chi connectivity index (χ0v) is 15.1. The fourth-order valence-electron chi connectivity index (χ4n) is 4.31. The van der Waals surface area contributed by atoms with Crippen LogP contribution in [0.1, 0.15) is 24.8 Å². The minimum atomic E-state index is 0.481. The zero-order chi connectivity index (χ0) is 17.9. The quantitative estimate of drug-likeness (QED) is 0.727. The van der Waals surface area contributed by atoms with Crippen molar-refractivity contribution in [1.82, 2.24) is 15.2 Å². The normalized spacial score (nSPS) is 26.3. The smallest absolute Gasteiger partial charge is 0.118 e. The first kappa shape index (κ1) is 16.9. The SMILES string of the molecule is C=C(/N=C\C(=C/N)c1cccc2[nH]ccc12)NC1CCN2CCCC1C2. The Morgan fingerprint density at radius 1 is 1.31 bits per heavy atom. The molecule has 4 N–H and O–H groups in total. The Labute approximate surface area is 154 Å². The van der Waals surface area contributed by atoms with E-state index in [-0.39, 0.29) is 0 Å². The summed E-state index contributed by atoms with van der Waals surface area (Å²) in [5.74, 6) is 1.43. The number of allylic oxidation sites excluding steroid dienone is 1. The summed E-state index contributed by atoms with van der Waals surface area (Å²) in [6.45, 7) is 7.75. The summed E-state index contributed by atoms with van der Waals surface area (Å²) in [6, 6.07) is 8.69. The summed E-state index contributed by atoms with van der Waals surface area (Å²) in [5.41, 5.74) is 8.94. The van der Waals surface area contributed by atoms with Gasteiger partial charge in [0, 0.05) is 54.2 Å². The van der Waals surface area contributed by atoms with Gasteiger partial charge < -0.3 is 20.9 Å². The van der Waals surface area contributed by atoms with Crippen LogP contribution in [0.2, 0.25) is 0 Å². The van der Waals surface area contributed by atoms with Crippen LogP contribution in [-0.2, 0) is 0 Å². The summed E-state index contributed by atoms with van der Waals surface area (Å²) in [7, 11) is 0. The van der Waals surface area contributed by atoms with Crippen LogP contribution in [0, 0.1) is 5.92 Å². The highest BCUT2D eigenvalue weighted by atomic mass is 15.2. The number of H-pyrrole nitrogens is 1. The maximum absolute atomic E-state index is 5.88. The van der Waals surface area contributed by atoms with Crippen LogP contribution in [0.25, 0.3) is 16.5 Å². The van der Waals surface area contributed by atoms with Crippen molar-refractivity contribution in [2.45, 2.75) is 25.3 Å². The molecule has 0 saturated carbocycles. The van der Waals surface area contributed by atoms with Crippen molar-refractivity contribution in [2.24, 2.45) is 16.6 Å². The summed E-state index contributed by atoms with van der Waals surface area (Å²) < 4.78 is 0. The minimum Gasteiger partial charge on any atom is -0.404 e. The van der Waals surface area contributed by atoms with Gasteiger partial charge in [0.2, 0.25) is 0 Å². The third-order valence-corrected chi connectivity index (χ3v) is 5.66. The molecular formula is C21H27N5. The lowest BCUT2D eigenvalue weighted by atomic mass is 9.85. The second kappa shape index (κ2) is 7.38. The molecule has 5 heteroatoms. The molecule has 0 spiro atoms. The molecule has 2 saturated heterocycles. The van der Waals surface area contributed by atoms with E-state index in [2.05, 4.69) is 45.0 Å². The molecule has 3 unspecified atom stereocenters. The van der Waals surface area contributed by atoms with Crippen molar-refractivity contribution in [3.05, 3.63) is 54.6 Å². The standard InChI is InChI=1S/C21H27N5/c1-15(25-20-8-11-26-10-3-4-16(20)14-26)24-13-17(12-22)18-5-2-6-21-19(18)7-9-23-21/h2,5-7,9,12-13,16,20,23,25H,1,3-4,8,10-11,14,22H2/b17-12+,24-13-. The summed E-state index contributed by atoms with van der Waals surface area (Å²) in [5, 5.41) is 4.69. The van der Waals surface area contributed by atoms with E-state index in [4.69, 9.17) is 5.73 Å². The molecule has 2 aliphatic rings. The zero-order valence-electron chi connectivity index (χ0n) is 15.1. The van der Waals surface area contributed by atoms with Gasteiger partial charge in [-0.25, -0.2) is 4.99 Å². The Balaban J connectivity index is 1.44. The van der Waals surface area contributed by atoms with Crippen LogP contribution < -0.4 is 11.1 Å². The molecule has 2 aromatic rings. The molecule has 4 rings (SSSR count). The van der Waals surface area contributed by atoms with E-state index in [0.717, 1.165) is 27.9 Å². The number of piperidine rings is 2. The summed E-state index contributed by atoms with van der Waals surface area (Å²) in [6.07, 6.45) is 9.14. The van der Waals surface area contributed by atoms with Gasteiger partial charge in [0.1, 0.15) is 5.82 Å². The first-order valence-corrected chi connectivity index (χ1v) is 9.45. The lowest BCUT2D eigenvalue weighted by Gasteiger charge is -2.43. The molecule has 3 heterocycles. The molecule has 1 aromatic heterocycles. The van der Waals surface area contributed by atoms with E-state index in [0.29, 0.717) is 12.0 Å². The number of aromatic nitrogens is 1. The van der Waals surface area contributed by atoms with E-state index in [1.54, 1.807) is 6.20 Å². The predicted octanol–water partition coefficient (Wildman–Crippen LogP) is 3.08. The Bertz CT molecular complexity index is 847. The van der Waals surface area contributed by atoms with Gasteiger partial charge in [0.25, 0.3) is 0 Å². The van der Waals surface area contributed by atoms with E-state index in [9.17, 15) is 0 Å². The lowest BCUT2D eigenvalue weighted by Crippen LogP contribution is -2.51. The van der Waals surface area contributed by atoms with E-state index in [1.807, 2.05) is 18.5 Å². The number of nitrogens with one attached hydrogen (secondary N) is 2. The van der Waals surface area contributed by atoms with E-state index in [1.165, 1.54) is 38.9 Å². The fourth-order valence-corrected chi connectivity index (χ4v) is 4.31. The van der Waals surface area contributed by atoms with Crippen LogP contribution in [-0.4, -0.2) is 41.8 Å². The molecule has 0 aliphatic carbocycles. The van der Waals surface area contributed by atoms with Crippen LogP contribution in [0.15, 0.2) is 54.1 Å². The number of hydrogen-bond donors (Lipinski definition) is 3. The van der Waals surface area contributed by atoms with Crippen LogP contribution in [0.5, 0.6) is 0 Å². The molecule has 2 aliphatic heterocycles. The van der Waals surface area contributed by atoms with Crippen molar-refractivity contribution < 1.29 is 0 Å². The highest BCUT2D eigenvalue weighted by molar-refractivity contribution is 6.14. The number of rotatable bonds is 5. The van der Waals surface area contributed by atoms with Crippen molar-refractivity contribution >= 4 is 22.7 Å². The number of benzene rings is 1. The average Bonchev–Trinajstić information content (AvgIpc) is 3.14. The minimum absolute atomic E-state index is 0.481. The van der Waals surface area contributed by atoms with Crippen LogP contribution in [0.3, 0.4) is 0 Å². The number of nitrogens with two attached hydrogens (primary N) is 1. The van der Waals surface area contributed by atoms with Crippen LogP contribution in [0.4, 0.5) is 0 Å². The number of hydrogen-bond acceptors (Lipinski definition) is 4. The van der Waals surface area contributed by atoms with E-state index < -0.39 is 0 Å². The molecule has 0 radical (unpaired) electrons. The highest BCUT2D eigenvalue weighted by Gasteiger charge is 2.31. The van der Waals surface area contributed by atoms with Gasteiger partial charge in [-0.1, -0.05) is 18.7 Å². The number of aliphatic imine (C=N–C) groups is 1. The Morgan fingerprint density at radius 2 is 2.23 bits per heavy atom. The van der Waals surface area contributed by atoms with Crippen LogP contribution >= 0.6 is 0 Å². The van der Waals surface area contributed by atoms with Crippen molar-refractivity contribution in [3.8, 4) is 0 Å². The number of aromatic amines is 1. The average molecular weight is 349 g/mol. The molecule has 3 atom stereocenters. The molecular weight excluding hydrogens is 322 g/mol. The second-order valence-electron chi connectivity index (χ2n) is 7.31. The largest absolute Gasteiger partial charge is 0.404 e. The summed E-state index contributed by atoms with van der Waals surface area (Å²) >= 11 is 0. The molecule has 26 heavy (non-hydrogen) atoms. The summed E-state index contributed by atoms with van der Waals surface area (Å²) in [4.78, 5) is 10.4. The van der Waals surface area contributed by atoms with Gasteiger partial charge in [-0.2, -0.15) is 0 Å². The van der Waals surface area contributed by atoms with E-state index >= 15 is 0 Å². The van der Waals surface area contributed by atoms with Gasteiger partial charge in [-0.3, -0.25) is 0 Å². The third-order valence-electron chi connectivity index (χ3n) is 5.66.